The first kappa shape index (κ1) is 13.8. The van der Waals surface area contributed by atoms with E-state index in [-0.39, 0.29) is 24.2 Å². The van der Waals surface area contributed by atoms with E-state index < -0.39 is 0 Å². The fraction of sp³-hybridized carbons (Fsp3) is 0.923. The Morgan fingerprint density at radius 1 is 1.33 bits per heavy atom. The molecule has 1 unspecified atom stereocenters. The highest BCUT2D eigenvalue weighted by atomic mass is 16.5. The van der Waals surface area contributed by atoms with Crippen LogP contribution in [0.2, 0.25) is 0 Å². The Kier molecular flexibility index (Phi) is 4.97. The number of ether oxygens (including phenoxy) is 2. The van der Waals surface area contributed by atoms with E-state index in [9.17, 15) is 4.79 Å². The van der Waals surface area contributed by atoms with Crippen LogP contribution in [0.4, 0.5) is 0 Å². The van der Waals surface area contributed by atoms with Crippen LogP contribution in [0.25, 0.3) is 0 Å². The number of nitrogens with two attached hydrogens (primary N) is 1. The first-order chi connectivity index (χ1) is 8.70. The summed E-state index contributed by atoms with van der Waals surface area (Å²) in [7, 11) is 0. The van der Waals surface area contributed by atoms with Gasteiger partial charge in [0.15, 0.2) is 0 Å². The Morgan fingerprint density at radius 2 is 2.06 bits per heavy atom. The van der Waals surface area contributed by atoms with E-state index in [4.69, 9.17) is 15.2 Å². The van der Waals surface area contributed by atoms with Crippen molar-refractivity contribution in [3.63, 3.8) is 0 Å². The van der Waals surface area contributed by atoms with Gasteiger partial charge in [0.25, 0.3) is 0 Å². The van der Waals surface area contributed by atoms with Crippen LogP contribution in [0.15, 0.2) is 0 Å². The van der Waals surface area contributed by atoms with E-state index in [1.807, 2.05) is 0 Å². The van der Waals surface area contributed by atoms with Crippen molar-refractivity contribution in [1.82, 2.24) is 5.32 Å². The third-order valence-corrected chi connectivity index (χ3v) is 4.01. The number of amides is 1. The lowest BCUT2D eigenvalue weighted by molar-refractivity contribution is -0.133. The van der Waals surface area contributed by atoms with Crippen LogP contribution in [0.3, 0.4) is 0 Å². The smallest absolute Gasteiger partial charge is 0.249 e. The van der Waals surface area contributed by atoms with Crippen LogP contribution in [-0.4, -0.2) is 43.9 Å². The van der Waals surface area contributed by atoms with Crippen molar-refractivity contribution >= 4 is 5.91 Å². The van der Waals surface area contributed by atoms with E-state index in [0.717, 1.165) is 38.9 Å². The van der Waals surface area contributed by atoms with Crippen molar-refractivity contribution in [2.24, 2.45) is 11.7 Å². The summed E-state index contributed by atoms with van der Waals surface area (Å²) < 4.78 is 10.9. The van der Waals surface area contributed by atoms with Gasteiger partial charge in [0.1, 0.15) is 6.10 Å². The molecule has 0 bridgehead atoms. The molecular weight excluding hydrogens is 232 g/mol. The Bertz CT molecular complexity index is 279. The van der Waals surface area contributed by atoms with Gasteiger partial charge in [0.05, 0.1) is 6.10 Å². The van der Waals surface area contributed by atoms with Crippen molar-refractivity contribution in [3.05, 3.63) is 0 Å². The number of carbonyl (C=O) groups is 1. The van der Waals surface area contributed by atoms with Gasteiger partial charge in [-0.2, -0.15) is 0 Å². The summed E-state index contributed by atoms with van der Waals surface area (Å²) in [4.78, 5) is 12.1. The lowest BCUT2D eigenvalue weighted by Crippen LogP contribution is -2.45. The average molecular weight is 256 g/mol. The molecule has 0 aromatic heterocycles. The number of carbonyl (C=O) groups excluding carboxylic acids is 1. The van der Waals surface area contributed by atoms with Gasteiger partial charge < -0.3 is 20.5 Å². The summed E-state index contributed by atoms with van der Waals surface area (Å²) in [5, 5.41) is 3.08. The SMILES string of the molecule is CC(NC(=O)[C@@H]1CC[C@H](CN)O1)C1CCOCC1. The third kappa shape index (κ3) is 3.43. The van der Waals surface area contributed by atoms with Crippen LogP contribution in [0.1, 0.15) is 32.6 Å². The molecule has 0 radical (unpaired) electrons. The number of hydrogen-bond acceptors (Lipinski definition) is 4. The normalized spacial score (nSPS) is 31.2. The molecular formula is C13H24N2O3. The second-order valence-corrected chi connectivity index (χ2v) is 5.31. The lowest BCUT2D eigenvalue weighted by Gasteiger charge is -2.29. The lowest BCUT2D eigenvalue weighted by atomic mass is 9.93. The first-order valence-corrected chi connectivity index (χ1v) is 6.94. The summed E-state index contributed by atoms with van der Waals surface area (Å²) in [5.41, 5.74) is 5.54. The number of rotatable bonds is 4. The quantitative estimate of drug-likeness (QED) is 0.765. The van der Waals surface area contributed by atoms with Crippen molar-refractivity contribution in [3.8, 4) is 0 Å². The van der Waals surface area contributed by atoms with Crippen LogP contribution in [0.5, 0.6) is 0 Å². The highest BCUT2D eigenvalue weighted by molar-refractivity contribution is 5.81. The van der Waals surface area contributed by atoms with Gasteiger partial charge in [-0.1, -0.05) is 0 Å². The molecule has 2 aliphatic rings. The summed E-state index contributed by atoms with van der Waals surface area (Å²) in [6.07, 6.45) is 3.48. The maximum Gasteiger partial charge on any atom is 0.249 e. The minimum atomic E-state index is -0.305. The fourth-order valence-corrected chi connectivity index (χ4v) is 2.72. The summed E-state index contributed by atoms with van der Waals surface area (Å²) in [5.74, 6) is 0.541. The molecule has 2 fully saturated rings. The maximum atomic E-state index is 12.1. The van der Waals surface area contributed by atoms with Crippen molar-refractivity contribution in [1.29, 1.82) is 0 Å². The fourth-order valence-electron chi connectivity index (χ4n) is 2.72. The molecule has 0 aromatic rings. The van der Waals surface area contributed by atoms with E-state index in [2.05, 4.69) is 12.2 Å². The monoisotopic (exact) mass is 256 g/mol. The van der Waals surface area contributed by atoms with Crippen LogP contribution < -0.4 is 11.1 Å². The van der Waals surface area contributed by atoms with Crippen LogP contribution >= 0.6 is 0 Å². The molecule has 5 heteroatoms. The maximum absolute atomic E-state index is 12.1. The summed E-state index contributed by atoms with van der Waals surface area (Å²) in [6, 6.07) is 0.196. The zero-order valence-electron chi connectivity index (χ0n) is 11.1. The van der Waals surface area contributed by atoms with Crippen LogP contribution in [-0.2, 0) is 14.3 Å². The highest BCUT2D eigenvalue weighted by Crippen LogP contribution is 2.21. The zero-order valence-corrected chi connectivity index (χ0v) is 11.1. The molecule has 2 heterocycles. The molecule has 1 amide bonds. The first-order valence-electron chi connectivity index (χ1n) is 6.94. The molecule has 104 valence electrons. The third-order valence-electron chi connectivity index (χ3n) is 4.01. The summed E-state index contributed by atoms with van der Waals surface area (Å²) >= 11 is 0. The van der Waals surface area contributed by atoms with Gasteiger partial charge in [-0.15, -0.1) is 0 Å². The van der Waals surface area contributed by atoms with Gasteiger partial charge in [-0.05, 0) is 38.5 Å². The molecule has 18 heavy (non-hydrogen) atoms. The second-order valence-electron chi connectivity index (χ2n) is 5.31. The highest BCUT2D eigenvalue weighted by Gasteiger charge is 2.31. The van der Waals surface area contributed by atoms with Gasteiger partial charge >= 0.3 is 0 Å². The number of nitrogens with one attached hydrogen (secondary N) is 1. The molecule has 0 saturated carbocycles. The molecule has 3 N–H and O–H groups in total. The number of hydrogen-bond donors (Lipinski definition) is 2. The van der Waals surface area contributed by atoms with Crippen LogP contribution in [0, 0.1) is 5.92 Å². The van der Waals surface area contributed by atoms with Crippen molar-refractivity contribution < 1.29 is 14.3 Å². The van der Waals surface area contributed by atoms with Gasteiger partial charge in [-0.25, -0.2) is 0 Å². The van der Waals surface area contributed by atoms with Gasteiger partial charge in [0.2, 0.25) is 5.91 Å². The van der Waals surface area contributed by atoms with Crippen molar-refractivity contribution in [2.75, 3.05) is 19.8 Å². The zero-order chi connectivity index (χ0) is 13.0. The van der Waals surface area contributed by atoms with E-state index in [0.29, 0.717) is 12.5 Å². The largest absolute Gasteiger partial charge is 0.381 e. The standard InChI is InChI=1S/C13H24N2O3/c1-9(10-4-6-17-7-5-10)15-13(16)12-3-2-11(8-14)18-12/h9-12H,2-8,14H2,1H3,(H,15,16)/t9?,11-,12+/m1/s1. The second kappa shape index (κ2) is 6.50. The predicted octanol–water partition coefficient (Wildman–Crippen LogP) is 0.424. The molecule has 2 saturated heterocycles. The van der Waals surface area contributed by atoms with E-state index >= 15 is 0 Å². The minimum Gasteiger partial charge on any atom is -0.381 e. The Morgan fingerprint density at radius 3 is 2.67 bits per heavy atom. The average Bonchev–Trinajstić information content (AvgIpc) is 2.88. The molecule has 0 aromatic carbocycles. The molecule has 0 aliphatic carbocycles. The van der Waals surface area contributed by atoms with Crippen molar-refractivity contribution in [2.45, 2.75) is 50.9 Å². The molecule has 0 spiro atoms. The Hall–Kier alpha value is -0.650. The molecule has 3 atom stereocenters. The summed E-state index contributed by atoms with van der Waals surface area (Å²) in [6.45, 7) is 4.18. The topological polar surface area (TPSA) is 73.6 Å². The Balaban J connectivity index is 1.76. The minimum absolute atomic E-state index is 0.0185. The molecule has 2 aliphatic heterocycles. The Labute approximate surface area is 108 Å². The van der Waals surface area contributed by atoms with Gasteiger partial charge in [0, 0.05) is 25.8 Å². The van der Waals surface area contributed by atoms with E-state index in [1.165, 1.54) is 0 Å². The van der Waals surface area contributed by atoms with E-state index in [1.54, 1.807) is 0 Å². The molecule has 5 nitrogen and oxygen atoms in total. The predicted molar refractivity (Wildman–Crippen MR) is 68.1 cm³/mol. The molecule has 2 rings (SSSR count). The van der Waals surface area contributed by atoms with Gasteiger partial charge in [-0.3, -0.25) is 4.79 Å².